The third-order valence-electron chi connectivity index (χ3n) is 3.94. The van der Waals surface area contributed by atoms with Gasteiger partial charge in [-0.3, -0.25) is 4.79 Å². The van der Waals surface area contributed by atoms with Crippen LogP contribution in [0.15, 0.2) is 42.7 Å². The first-order valence-corrected chi connectivity index (χ1v) is 8.35. The molecule has 1 aromatic carbocycles. The van der Waals surface area contributed by atoms with Crippen molar-refractivity contribution in [3.8, 4) is 5.69 Å². The van der Waals surface area contributed by atoms with Gasteiger partial charge in [-0.1, -0.05) is 34.1 Å². The molecule has 0 aliphatic carbocycles. The molecular formula is C16H18BrN3O. The maximum Gasteiger partial charge on any atom is 0.257 e. The number of carbonyl (C=O) groups excluding carboxylic acids is 1. The standard InChI is InChI=1S/C16H18BrN3O/c17-8-6-13-7-9-19(11-13)16(21)14-10-18-20(12-14)15-4-2-1-3-5-15/h1-5,10,12-13H,6-9,11H2. The van der Waals surface area contributed by atoms with Crippen LogP contribution in [0.2, 0.25) is 0 Å². The first-order valence-electron chi connectivity index (χ1n) is 7.23. The Labute approximate surface area is 132 Å². The Hall–Kier alpha value is -1.62. The number of carbonyl (C=O) groups is 1. The summed E-state index contributed by atoms with van der Waals surface area (Å²) in [6.07, 6.45) is 5.71. The Morgan fingerprint density at radius 2 is 2.14 bits per heavy atom. The van der Waals surface area contributed by atoms with Gasteiger partial charge in [0.15, 0.2) is 0 Å². The van der Waals surface area contributed by atoms with E-state index >= 15 is 0 Å². The number of hydrogen-bond acceptors (Lipinski definition) is 2. The summed E-state index contributed by atoms with van der Waals surface area (Å²) in [5.74, 6) is 0.715. The fourth-order valence-electron chi connectivity index (χ4n) is 2.74. The largest absolute Gasteiger partial charge is 0.338 e. The summed E-state index contributed by atoms with van der Waals surface area (Å²) in [4.78, 5) is 14.4. The van der Waals surface area contributed by atoms with Gasteiger partial charge in [0.05, 0.1) is 17.4 Å². The molecule has 1 unspecified atom stereocenters. The van der Waals surface area contributed by atoms with Gasteiger partial charge in [0, 0.05) is 24.6 Å². The Bertz CT molecular complexity index is 611. The molecule has 5 heteroatoms. The molecule has 110 valence electrons. The summed E-state index contributed by atoms with van der Waals surface area (Å²) in [6, 6.07) is 9.84. The van der Waals surface area contributed by atoms with E-state index < -0.39 is 0 Å². The van der Waals surface area contributed by atoms with Crippen LogP contribution in [0.5, 0.6) is 0 Å². The lowest BCUT2D eigenvalue weighted by molar-refractivity contribution is 0.0787. The van der Waals surface area contributed by atoms with Gasteiger partial charge in [-0.05, 0) is 30.9 Å². The number of benzene rings is 1. The lowest BCUT2D eigenvalue weighted by atomic mass is 10.1. The number of amides is 1. The molecule has 2 aromatic rings. The molecule has 1 saturated heterocycles. The van der Waals surface area contributed by atoms with Crippen molar-refractivity contribution < 1.29 is 4.79 Å². The summed E-state index contributed by atoms with van der Waals surface area (Å²) in [6.45, 7) is 1.72. The van der Waals surface area contributed by atoms with Gasteiger partial charge in [0.2, 0.25) is 0 Å². The maximum atomic E-state index is 12.5. The zero-order valence-electron chi connectivity index (χ0n) is 11.8. The molecule has 21 heavy (non-hydrogen) atoms. The van der Waals surface area contributed by atoms with Crippen LogP contribution in [-0.2, 0) is 0 Å². The quantitative estimate of drug-likeness (QED) is 0.797. The number of likely N-dealkylation sites (tertiary alicyclic amines) is 1. The normalized spacial score (nSPS) is 18.1. The van der Waals surface area contributed by atoms with Crippen LogP contribution in [0.25, 0.3) is 5.69 Å². The Kier molecular flexibility index (Phi) is 4.39. The second-order valence-electron chi connectivity index (χ2n) is 5.39. The van der Waals surface area contributed by atoms with Gasteiger partial charge in [0.25, 0.3) is 5.91 Å². The SMILES string of the molecule is O=C(c1cnn(-c2ccccc2)c1)N1CCC(CCBr)C1. The third kappa shape index (κ3) is 3.18. The minimum Gasteiger partial charge on any atom is -0.338 e. The minimum absolute atomic E-state index is 0.0919. The first-order chi connectivity index (χ1) is 10.3. The predicted octanol–water partition coefficient (Wildman–Crippen LogP) is 3.12. The highest BCUT2D eigenvalue weighted by Crippen LogP contribution is 2.22. The van der Waals surface area contributed by atoms with E-state index in [9.17, 15) is 4.79 Å². The number of hydrogen-bond donors (Lipinski definition) is 0. The van der Waals surface area contributed by atoms with Crippen LogP contribution < -0.4 is 0 Å². The van der Waals surface area contributed by atoms with E-state index in [1.165, 1.54) is 0 Å². The fraction of sp³-hybridized carbons (Fsp3) is 0.375. The van der Waals surface area contributed by atoms with Crippen LogP contribution in [0.3, 0.4) is 0 Å². The van der Waals surface area contributed by atoms with E-state index in [-0.39, 0.29) is 5.91 Å². The minimum atomic E-state index is 0.0919. The van der Waals surface area contributed by atoms with E-state index in [0.29, 0.717) is 11.5 Å². The van der Waals surface area contributed by atoms with Crippen LogP contribution in [0.4, 0.5) is 0 Å². The first kappa shape index (κ1) is 14.3. The lowest BCUT2D eigenvalue weighted by Gasteiger charge is -2.15. The van der Waals surface area contributed by atoms with E-state index in [1.807, 2.05) is 41.4 Å². The second-order valence-corrected chi connectivity index (χ2v) is 6.19. The predicted molar refractivity (Wildman–Crippen MR) is 86.0 cm³/mol. The Morgan fingerprint density at radius 3 is 2.90 bits per heavy atom. The second kappa shape index (κ2) is 6.43. The summed E-state index contributed by atoms with van der Waals surface area (Å²) in [5.41, 5.74) is 1.63. The highest BCUT2D eigenvalue weighted by atomic mass is 79.9. The van der Waals surface area contributed by atoms with Crippen LogP contribution in [-0.4, -0.2) is 39.0 Å². The highest BCUT2D eigenvalue weighted by molar-refractivity contribution is 9.09. The van der Waals surface area contributed by atoms with Crippen molar-refractivity contribution in [2.75, 3.05) is 18.4 Å². The van der Waals surface area contributed by atoms with Gasteiger partial charge in [-0.2, -0.15) is 5.10 Å². The molecule has 0 radical (unpaired) electrons. The molecule has 1 fully saturated rings. The Morgan fingerprint density at radius 1 is 1.33 bits per heavy atom. The van der Waals surface area contributed by atoms with Crippen molar-refractivity contribution in [1.29, 1.82) is 0 Å². The summed E-state index contributed by atoms with van der Waals surface area (Å²) in [5, 5.41) is 5.30. The van der Waals surface area contributed by atoms with Crippen molar-refractivity contribution in [1.82, 2.24) is 14.7 Å². The highest BCUT2D eigenvalue weighted by Gasteiger charge is 2.27. The summed E-state index contributed by atoms with van der Waals surface area (Å²) < 4.78 is 1.75. The number of alkyl halides is 1. The number of nitrogens with zero attached hydrogens (tertiary/aromatic N) is 3. The van der Waals surface area contributed by atoms with E-state index in [0.717, 1.165) is 36.9 Å². The number of para-hydroxylation sites is 1. The van der Waals surface area contributed by atoms with Crippen LogP contribution >= 0.6 is 15.9 Å². The molecule has 2 heterocycles. The average Bonchev–Trinajstić information content (AvgIpc) is 3.17. The van der Waals surface area contributed by atoms with Crippen molar-refractivity contribution >= 4 is 21.8 Å². The molecule has 1 amide bonds. The zero-order chi connectivity index (χ0) is 14.7. The monoisotopic (exact) mass is 347 g/mol. The third-order valence-corrected chi connectivity index (χ3v) is 4.40. The average molecular weight is 348 g/mol. The molecule has 4 nitrogen and oxygen atoms in total. The summed E-state index contributed by atoms with van der Waals surface area (Å²) in [7, 11) is 0. The van der Waals surface area contributed by atoms with Crippen molar-refractivity contribution in [3.63, 3.8) is 0 Å². The molecule has 3 rings (SSSR count). The number of rotatable bonds is 4. The van der Waals surface area contributed by atoms with Gasteiger partial charge >= 0.3 is 0 Å². The van der Waals surface area contributed by atoms with Crippen LogP contribution in [0, 0.1) is 5.92 Å². The molecule has 0 N–H and O–H groups in total. The number of aromatic nitrogens is 2. The fourth-order valence-corrected chi connectivity index (χ4v) is 3.39. The van der Waals surface area contributed by atoms with Gasteiger partial charge in [-0.25, -0.2) is 4.68 Å². The molecule has 1 aliphatic rings. The Balaban J connectivity index is 1.70. The molecule has 0 bridgehead atoms. The van der Waals surface area contributed by atoms with E-state index in [1.54, 1.807) is 10.9 Å². The molecule has 1 aliphatic heterocycles. The molecule has 1 atom stereocenters. The molecule has 1 aromatic heterocycles. The maximum absolute atomic E-state index is 12.5. The van der Waals surface area contributed by atoms with Crippen molar-refractivity contribution in [3.05, 3.63) is 48.3 Å². The molecular weight excluding hydrogens is 330 g/mol. The lowest BCUT2D eigenvalue weighted by Crippen LogP contribution is -2.28. The molecule has 0 spiro atoms. The van der Waals surface area contributed by atoms with Gasteiger partial charge < -0.3 is 4.90 Å². The number of halogens is 1. The van der Waals surface area contributed by atoms with Gasteiger partial charge in [-0.15, -0.1) is 0 Å². The van der Waals surface area contributed by atoms with E-state index in [2.05, 4.69) is 21.0 Å². The van der Waals surface area contributed by atoms with Crippen molar-refractivity contribution in [2.45, 2.75) is 12.8 Å². The van der Waals surface area contributed by atoms with Gasteiger partial charge in [0.1, 0.15) is 0 Å². The van der Waals surface area contributed by atoms with E-state index in [4.69, 9.17) is 0 Å². The smallest absolute Gasteiger partial charge is 0.257 e. The summed E-state index contributed by atoms with van der Waals surface area (Å²) >= 11 is 3.47. The van der Waals surface area contributed by atoms with Crippen molar-refractivity contribution in [2.24, 2.45) is 5.92 Å². The van der Waals surface area contributed by atoms with Crippen LogP contribution in [0.1, 0.15) is 23.2 Å². The zero-order valence-corrected chi connectivity index (χ0v) is 13.4. The topological polar surface area (TPSA) is 38.1 Å². The molecule has 0 saturated carbocycles.